The van der Waals surface area contributed by atoms with Gasteiger partial charge in [0.1, 0.15) is 0 Å². The van der Waals surface area contributed by atoms with Gasteiger partial charge < -0.3 is 14.9 Å². The van der Waals surface area contributed by atoms with Crippen LogP contribution in [0.2, 0.25) is 0 Å². The molecule has 0 amide bonds. The molecule has 0 fully saturated rings. The number of rotatable bonds is 4. The minimum absolute atomic E-state index is 0.860. The van der Waals surface area contributed by atoms with Crippen molar-refractivity contribution in [2.24, 2.45) is 0 Å². The quantitative estimate of drug-likeness (QED) is 0.455. The van der Waals surface area contributed by atoms with Crippen LogP contribution in [0, 0.1) is 0 Å². The second-order valence-electron chi connectivity index (χ2n) is 3.52. The van der Waals surface area contributed by atoms with E-state index in [1.807, 2.05) is 0 Å². The van der Waals surface area contributed by atoms with Gasteiger partial charge in [-0.2, -0.15) is 0 Å². The minimum atomic E-state index is -2.54. The van der Waals surface area contributed by atoms with E-state index in [1.165, 1.54) is 0 Å². The van der Waals surface area contributed by atoms with Crippen molar-refractivity contribution in [3.05, 3.63) is 0 Å². The zero-order valence-corrected chi connectivity index (χ0v) is 9.03. The van der Waals surface area contributed by atoms with Crippen LogP contribution in [-0.4, -0.2) is 46.1 Å². The van der Waals surface area contributed by atoms with Gasteiger partial charge in [-0.05, 0) is 20.8 Å². The van der Waals surface area contributed by atoms with E-state index in [0.717, 1.165) is 27.9 Å². The van der Waals surface area contributed by atoms with Crippen LogP contribution in [0.3, 0.4) is 0 Å². The van der Waals surface area contributed by atoms with Crippen molar-refractivity contribution in [3.8, 4) is 0 Å². The highest BCUT2D eigenvalue weighted by atomic mass is 16.5. The molecule has 15 heavy (non-hydrogen) atoms. The summed E-state index contributed by atoms with van der Waals surface area (Å²) in [6, 6.07) is 0. The van der Waals surface area contributed by atoms with Crippen LogP contribution in [0.5, 0.6) is 0 Å². The van der Waals surface area contributed by atoms with Crippen LogP contribution < -0.4 is 0 Å². The summed E-state index contributed by atoms with van der Waals surface area (Å²) >= 11 is 0. The fraction of sp³-hybridized carbons (Fsp3) is 0.667. The summed E-state index contributed by atoms with van der Waals surface area (Å²) in [6.07, 6.45) is 0. The lowest BCUT2D eigenvalue weighted by Crippen LogP contribution is -2.57. The molecule has 0 aromatic heterocycles. The van der Waals surface area contributed by atoms with E-state index in [4.69, 9.17) is 0 Å². The van der Waals surface area contributed by atoms with E-state index >= 15 is 0 Å². The van der Waals surface area contributed by atoms with Crippen molar-refractivity contribution in [2.75, 3.05) is 7.11 Å². The topological polar surface area (TPSA) is 101 Å². The molecule has 0 spiro atoms. The molecule has 2 N–H and O–H groups in total. The molecule has 6 heteroatoms. The standard InChI is InChI=1S/C9H14O6/c1-5(10)8(2,13)6(11)9(3,14)7(12)15-4/h13-14H,1-4H3. The Labute approximate surface area is 86.8 Å². The van der Waals surface area contributed by atoms with Crippen molar-refractivity contribution in [3.63, 3.8) is 0 Å². The maximum absolute atomic E-state index is 11.5. The van der Waals surface area contributed by atoms with Crippen molar-refractivity contribution in [1.29, 1.82) is 0 Å². The molecule has 0 saturated heterocycles. The molecule has 0 radical (unpaired) electrons. The third-order valence-corrected chi connectivity index (χ3v) is 2.15. The summed E-state index contributed by atoms with van der Waals surface area (Å²) in [5, 5.41) is 19.0. The monoisotopic (exact) mass is 218 g/mol. The average Bonchev–Trinajstić information content (AvgIpc) is 2.14. The highest BCUT2D eigenvalue weighted by Crippen LogP contribution is 2.18. The fourth-order valence-electron chi connectivity index (χ4n) is 0.925. The Balaban J connectivity index is 5.18. The summed E-state index contributed by atoms with van der Waals surface area (Å²) in [5.74, 6) is -3.40. The number of carbonyl (C=O) groups excluding carboxylic acids is 3. The van der Waals surface area contributed by atoms with E-state index in [1.54, 1.807) is 0 Å². The predicted octanol–water partition coefficient (Wildman–Crippen LogP) is -1.18. The first kappa shape index (κ1) is 13.7. The Bertz CT molecular complexity index is 302. The van der Waals surface area contributed by atoms with Crippen LogP contribution in [0.25, 0.3) is 0 Å². The number of carbonyl (C=O) groups is 3. The molecule has 0 aromatic rings. The van der Waals surface area contributed by atoms with Gasteiger partial charge in [-0.25, -0.2) is 4.79 Å². The van der Waals surface area contributed by atoms with Crippen LogP contribution in [0.15, 0.2) is 0 Å². The van der Waals surface area contributed by atoms with Gasteiger partial charge in [-0.1, -0.05) is 0 Å². The number of Topliss-reactive ketones (excluding diaryl/α,β-unsaturated/α-hetero) is 2. The molecule has 0 aliphatic heterocycles. The SMILES string of the molecule is COC(=O)C(C)(O)C(=O)C(C)(O)C(C)=O. The molecule has 6 nitrogen and oxygen atoms in total. The Hall–Kier alpha value is -1.27. The van der Waals surface area contributed by atoms with Gasteiger partial charge in [0.2, 0.25) is 11.4 Å². The minimum Gasteiger partial charge on any atom is -0.467 e. The van der Waals surface area contributed by atoms with Gasteiger partial charge in [0.25, 0.3) is 0 Å². The van der Waals surface area contributed by atoms with Gasteiger partial charge in [0.15, 0.2) is 11.4 Å². The first-order valence-corrected chi connectivity index (χ1v) is 4.17. The lowest BCUT2D eigenvalue weighted by molar-refractivity contribution is -0.175. The molecule has 0 aliphatic carbocycles. The molecule has 2 atom stereocenters. The van der Waals surface area contributed by atoms with Crippen molar-refractivity contribution in [2.45, 2.75) is 32.0 Å². The molecular weight excluding hydrogens is 204 g/mol. The maximum atomic E-state index is 11.5. The summed E-state index contributed by atoms with van der Waals surface area (Å²) < 4.78 is 4.18. The Morgan fingerprint density at radius 1 is 1.07 bits per heavy atom. The lowest BCUT2D eigenvalue weighted by atomic mass is 9.85. The summed E-state index contributed by atoms with van der Waals surface area (Å²) in [6.45, 7) is 2.75. The van der Waals surface area contributed by atoms with E-state index < -0.39 is 28.7 Å². The van der Waals surface area contributed by atoms with E-state index in [2.05, 4.69) is 4.74 Å². The highest BCUT2D eigenvalue weighted by molar-refractivity contribution is 6.19. The predicted molar refractivity (Wildman–Crippen MR) is 49.0 cm³/mol. The zero-order chi connectivity index (χ0) is 12.4. The van der Waals surface area contributed by atoms with Crippen LogP contribution in [0.1, 0.15) is 20.8 Å². The molecule has 0 aliphatic rings. The number of ether oxygens (including phenoxy) is 1. The summed E-state index contributed by atoms with van der Waals surface area (Å²) in [7, 11) is 0.979. The average molecular weight is 218 g/mol. The van der Waals surface area contributed by atoms with Crippen molar-refractivity contribution in [1.82, 2.24) is 0 Å². The highest BCUT2D eigenvalue weighted by Gasteiger charge is 2.51. The van der Waals surface area contributed by atoms with Crippen LogP contribution >= 0.6 is 0 Å². The summed E-state index contributed by atoms with van der Waals surface area (Å²) in [5.41, 5.74) is -4.94. The largest absolute Gasteiger partial charge is 0.467 e. The molecule has 0 rings (SSSR count). The van der Waals surface area contributed by atoms with E-state index in [9.17, 15) is 24.6 Å². The zero-order valence-electron chi connectivity index (χ0n) is 9.03. The van der Waals surface area contributed by atoms with Crippen molar-refractivity contribution >= 4 is 17.5 Å². The number of aliphatic hydroxyl groups is 2. The first-order chi connectivity index (χ1) is 6.58. The van der Waals surface area contributed by atoms with E-state index in [-0.39, 0.29) is 0 Å². The van der Waals surface area contributed by atoms with Crippen LogP contribution in [0.4, 0.5) is 0 Å². The van der Waals surface area contributed by atoms with Gasteiger partial charge in [0.05, 0.1) is 7.11 Å². The second kappa shape index (κ2) is 4.08. The molecule has 2 unspecified atom stereocenters. The van der Waals surface area contributed by atoms with Gasteiger partial charge in [-0.3, -0.25) is 9.59 Å². The molecule has 0 bridgehead atoms. The number of methoxy groups -OCH3 is 1. The number of hydrogen-bond acceptors (Lipinski definition) is 6. The maximum Gasteiger partial charge on any atom is 0.345 e. The fourth-order valence-corrected chi connectivity index (χ4v) is 0.925. The first-order valence-electron chi connectivity index (χ1n) is 4.17. The van der Waals surface area contributed by atoms with E-state index in [0.29, 0.717) is 0 Å². The molecule has 0 heterocycles. The number of hydrogen-bond donors (Lipinski definition) is 2. The normalized spacial score (nSPS) is 18.5. The molecule has 0 saturated carbocycles. The molecule has 86 valence electrons. The second-order valence-corrected chi connectivity index (χ2v) is 3.52. The lowest BCUT2D eigenvalue weighted by Gasteiger charge is -2.26. The Kier molecular flexibility index (Phi) is 3.73. The van der Waals surface area contributed by atoms with Gasteiger partial charge >= 0.3 is 5.97 Å². The number of esters is 1. The van der Waals surface area contributed by atoms with Crippen LogP contribution in [-0.2, 0) is 19.1 Å². The third kappa shape index (κ3) is 2.40. The smallest absolute Gasteiger partial charge is 0.345 e. The Morgan fingerprint density at radius 3 is 1.73 bits per heavy atom. The summed E-state index contributed by atoms with van der Waals surface area (Å²) in [4.78, 5) is 33.5. The van der Waals surface area contributed by atoms with Crippen molar-refractivity contribution < 1.29 is 29.3 Å². The Morgan fingerprint density at radius 2 is 1.47 bits per heavy atom. The third-order valence-electron chi connectivity index (χ3n) is 2.15. The van der Waals surface area contributed by atoms with Gasteiger partial charge in [-0.15, -0.1) is 0 Å². The molecule has 0 aromatic carbocycles. The molecular formula is C9H14O6. The van der Waals surface area contributed by atoms with Gasteiger partial charge in [0, 0.05) is 0 Å². The number of ketones is 2.